The summed E-state index contributed by atoms with van der Waals surface area (Å²) in [6.07, 6.45) is 26.0. The first-order chi connectivity index (χ1) is 27.9. The summed E-state index contributed by atoms with van der Waals surface area (Å²) in [7, 11) is -5.11. The molecule has 1 fully saturated rings. The number of aliphatic hydroxyl groups excluding tert-OH is 5. The molecule has 1 saturated heterocycles. The quantitative estimate of drug-likeness (QED) is 0.0180. The maximum Gasteiger partial charge on any atom is 0.397 e. The number of allylic oxidation sites excluding steroid dienone is 1. The second-order valence-corrected chi connectivity index (χ2v) is 17.5. The lowest BCUT2D eigenvalue weighted by Gasteiger charge is -2.41. The van der Waals surface area contributed by atoms with Gasteiger partial charge in [-0.3, -0.25) is 9.35 Å². The van der Waals surface area contributed by atoms with Crippen molar-refractivity contribution < 1.29 is 57.0 Å². The van der Waals surface area contributed by atoms with E-state index in [2.05, 4.69) is 23.3 Å². The van der Waals surface area contributed by atoms with E-state index in [1.807, 2.05) is 6.08 Å². The Bertz CT molecular complexity index is 1110. The Kier molecular flexibility index (Phi) is 33.5. The number of aliphatic hydroxyl groups is 5. The van der Waals surface area contributed by atoms with E-state index < -0.39 is 78.5 Å². The summed E-state index contributed by atoms with van der Waals surface area (Å²) in [5.41, 5.74) is 0. The van der Waals surface area contributed by atoms with Crippen molar-refractivity contribution in [3.8, 4) is 0 Å². The zero-order valence-corrected chi connectivity index (χ0v) is 37.1. The average molecular weight is 852 g/mol. The molecule has 58 heavy (non-hydrogen) atoms. The molecule has 0 aromatic heterocycles. The Morgan fingerprint density at radius 2 is 1.12 bits per heavy atom. The van der Waals surface area contributed by atoms with Crippen molar-refractivity contribution in [2.75, 3.05) is 13.2 Å². The van der Waals surface area contributed by atoms with Crippen molar-refractivity contribution in [2.24, 2.45) is 0 Å². The van der Waals surface area contributed by atoms with Gasteiger partial charge in [-0.1, -0.05) is 193 Å². The first-order valence-corrected chi connectivity index (χ1v) is 24.5. The van der Waals surface area contributed by atoms with Gasteiger partial charge in [0.05, 0.1) is 25.4 Å². The molecule has 0 aromatic carbocycles. The monoisotopic (exact) mass is 852 g/mol. The minimum Gasteiger partial charge on any atom is -0.394 e. The third-order valence-corrected chi connectivity index (χ3v) is 11.6. The van der Waals surface area contributed by atoms with Crippen LogP contribution in [0, 0.1) is 0 Å². The highest BCUT2D eigenvalue weighted by Crippen LogP contribution is 2.26. The van der Waals surface area contributed by atoms with Gasteiger partial charge in [0, 0.05) is 0 Å². The molecule has 0 spiro atoms. The Balaban J connectivity index is 2.47. The minimum absolute atomic E-state index is 0.248. The Morgan fingerprint density at radius 1 is 0.690 bits per heavy atom. The molecule has 1 heterocycles. The summed E-state index contributed by atoms with van der Waals surface area (Å²) in [4.78, 5) is 13.1. The van der Waals surface area contributed by atoms with Gasteiger partial charge in [0.1, 0.15) is 30.5 Å². The Morgan fingerprint density at radius 3 is 1.55 bits per heavy atom. The topological polar surface area (TPSA) is 212 Å². The molecule has 0 aromatic rings. The minimum atomic E-state index is -5.11. The summed E-state index contributed by atoms with van der Waals surface area (Å²) >= 11 is 0. The second kappa shape index (κ2) is 35.4. The summed E-state index contributed by atoms with van der Waals surface area (Å²) < 4.78 is 47.4. The van der Waals surface area contributed by atoms with E-state index in [1.165, 1.54) is 134 Å². The van der Waals surface area contributed by atoms with E-state index in [1.54, 1.807) is 0 Å². The van der Waals surface area contributed by atoms with Crippen molar-refractivity contribution in [3.05, 3.63) is 12.2 Å². The number of hydrogen-bond acceptors (Lipinski definition) is 11. The molecule has 0 aliphatic carbocycles. The van der Waals surface area contributed by atoms with Crippen LogP contribution < -0.4 is 5.32 Å². The molecule has 0 radical (unpaired) electrons. The molecule has 8 unspecified atom stereocenters. The van der Waals surface area contributed by atoms with Crippen molar-refractivity contribution in [3.63, 3.8) is 0 Å². The highest BCUT2D eigenvalue weighted by molar-refractivity contribution is 7.80. The third kappa shape index (κ3) is 27.6. The zero-order chi connectivity index (χ0) is 42.9. The molecule has 14 heteroatoms. The lowest BCUT2D eigenvalue weighted by atomic mass is 9.99. The molecular formula is C44H85NO12S. The number of amides is 1. The molecule has 8 atom stereocenters. The van der Waals surface area contributed by atoms with Crippen molar-refractivity contribution in [1.82, 2.24) is 5.32 Å². The van der Waals surface area contributed by atoms with Crippen LogP contribution in [0.3, 0.4) is 0 Å². The van der Waals surface area contributed by atoms with Gasteiger partial charge >= 0.3 is 10.4 Å². The molecule has 344 valence electrons. The van der Waals surface area contributed by atoms with Gasteiger partial charge < -0.3 is 40.3 Å². The summed E-state index contributed by atoms with van der Waals surface area (Å²) in [5.74, 6) is -0.702. The highest BCUT2D eigenvalue weighted by atomic mass is 32.3. The number of ether oxygens (including phenoxy) is 2. The van der Waals surface area contributed by atoms with Crippen LogP contribution in [-0.2, 0) is 28.9 Å². The summed E-state index contributed by atoms with van der Waals surface area (Å²) in [6.45, 7) is 3.18. The van der Waals surface area contributed by atoms with E-state index in [0.29, 0.717) is 12.8 Å². The van der Waals surface area contributed by atoms with Crippen molar-refractivity contribution in [2.45, 2.75) is 249 Å². The SMILES string of the molecule is CCCCCCCCC/C=C/C(O)C(COC1OC(CO)C(O)C(OS(=O)(=O)O)C1O)NC(=O)C(O)CCCCCCCCCCCCCCCCCCCCCC. The number of nitrogens with one attached hydrogen (secondary N) is 1. The average Bonchev–Trinajstić information content (AvgIpc) is 3.19. The zero-order valence-electron chi connectivity index (χ0n) is 36.2. The van der Waals surface area contributed by atoms with E-state index in [0.717, 1.165) is 38.5 Å². The normalized spacial score (nSPS) is 21.7. The first-order valence-electron chi connectivity index (χ1n) is 23.2. The standard InChI is InChI=1S/C44H85NO12S/c1-3-5-7-9-11-13-14-15-16-17-18-19-20-21-22-23-25-27-29-31-33-38(48)43(51)45-36(37(47)32-30-28-26-24-12-10-8-6-4-2)35-55-44-41(50)42(57-58(52,53)54)40(49)39(34-46)56-44/h30,32,36-42,44,46-50H,3-29,31,33-35H2,1-2H3,(H,45,51)(H,52,53,54)/b32-30+. The van der Waals surface area contributed by atoms with Crippen LogP contribution in [0.5, 0.6) is 0 Å². The van der Waals surface area contributed by atoms with Crippen LogP contribution in [0.15, 0.2) is 12.2 Å². The molecule has 1 rings (SSSR count). The molecule has 1 aliphatic heterocycles. The van der Waals surface area contributed by atoms with E-state index in [-0.39, 0.29) is 6.42 Å². The van der Waals surface area contributed by atoms with E-state index in [9.17, 15) is 38.7 Å². The predicted molar refractivity (Wildman–Crippen MR) is 228 cm³/mol. The van der Waals surface area contributed by atoms with Gasteiger partial charge in [-0.2, -0.15) is 8.42 Å². The lowest BCUT2D eigenvalue weighted by Crippen LogP contribution is -2.61. The number of carbonyl (C=O) groups is 1. The fraction of sp³-hybridized carbons (Fsp3) is 0.932. The van der Waals surface area contributed by atoms with Crippen LogP contribution in [-0.4, -0.2) is 107 Å². The molecule has 13 nitrogen and oxygen atoms in total. The number of rotatable bonds is 39. The van der Waals surface area contributed by atoms with Crippen LogP contribution in [0.25, 0.3) is 0 Å². The first kappa shape index (κ1) is 54.8. The molecule has 1 amide bonds. The molecule has 1 aliphatic rings. The van der Waals surface area contributed by atoms with Crippen LogP contribution in [0.1, 0.15) is 200 Å². The van der Waals surface area contributed by atoms with Gasteiger partial charge in [-0.25, -0.2) is 4.18 Å². The van der Waals surface area contributed by atoms with Crippen molar-refractivity contribution >= 4 is 16.3 Å². The lowest BCUT2D eigenvalue weighted by molar-refractivity contribution is -0.298. The Labute approximate surface area is 352 Å². The molecular weight excluding hydrogens is 767 g/mol. The maximum atomic E-state index is 13.1. The largest absolute Gasteiger partial charge is 0.397 e. The fourth-order valence-corrected chi connectivity index (χ4v) is 7.97. The number of carbonyl (C=O) groups excluding carboxylic acids is 1. The second-order valence-electron chi connectivity index (χ2n) is 16.5. The van der Waals surface area contributed by atoms with E-state index >= 15 is 0 Å². The van der Waals surface area contributed by atoms with Gasteiger partial charge in [-0.15, -0.1) is 0 Å². The molecule has 7 N–H and O–H groups in total. The third-order valence-electron chi connectivity index (χ3n) is 11.2. The van der Waals surface area contributed by atoms with Gasteiger partial charge in [0.25, 0.3) is 0 Å². The number of hydrogen-bond donors (Lipinski definition) is 7. The van der Waals surface area contributed by atoms with Crippen LogP contribution in [0.2, 0.25) is 0 Å². The van der Waals surface area contributed by atoms with E-state index in [4.69, 9.17) is 14.0 Å². The highest BCUT2D eigenvalue weighted by Gasteiger charge is 2.48. The van der Waals surface area contributed by atoms with Gasteiger partial charge in [0.15, 0.2) is 6.29 Å². The molecule has 0 saturated carbocycles. The summed E-state index contributed by atoms with van der Waals surface area (Å²) in [6, 6.07) is -1.11. The van der Waals surface area contributed by atoms with Crippen LogP contribution in [0.4, 0.5) is 0 Å². The Hall–Kier alpha value is -1.20. The summed E-state index contributed by atoms with van der Waals surface area (Å²) in [5, 5.41) is 55.0. The maximum absolute atomic E-state index is 13.1. The smallest absolute Gasteiger partial charge is 0.394 e. The van der Waals surface area contributed by atoms with Gasteiger partial charge in [-0.05, 0) is 19.3 Å². The predicted octanol–water partition coefficient (Wildman–Crippen LogP) is 7.75. The fourth-order valence-electron chi connectivity index (χ4n) is 7.46. The number of unbranched alkanes of at least 4 members (excludes halogenated alkanes) is 26. The van der Waals surface area contributed by atoms with Crippen LogP contribution >= 0.6 is 0 Å². The van der Waals surface area contributed by atoms with Gasteiger partial charge in [0.2, 0.25) is 5.91 Å². The van der Waals surface area contributed by atoms with Crippen molar-refractivity contribution in [1.29, 1.82) is 0 Å². The molecule has 0 bridgehead atoms.